The predicted molar refractivity (Wildman–Crippen MR) is 118 cm³/mol. The number of halogens is 1. The van der Waals surface area contributed by atoms with Crippen LogP contribution in [0.15, 0.2) is 76.3 Å². The molecule has 0 saturated carbocycles. The van der Waals surface area contributed by atoms with Crippen molar-refractivity contribution in [1.82, 2.24) is 5.43 Å². The lowest BCUT2D eigenvalue weighted by molar-refractivity contribution is 0.0734. The van der Waals surface area contributed by atoms with Crippen LogP contribution >= 0.6 is 15.9 Å². The fourth-order valence-corrected chi connectivity index (χ4v) is 2.92. The van der Waals surface area contributed by atoms with Gasteiger partial charge in [-0.3, -0.25) is 4.79 Å². The Hall–Kier alpha value is -3.45. The van der Waals surface area contributed by atoms with E-state index in [1.165, 1.54) is 13.3 Å². The minimum Gasteiger partial charge on any atom is -0.496 e. The zero-order valence-corrected chi connectivity index (χ0v) is 18.0. The number of hydrogen-bond donors (Lipinski definition) is 1. The molecule has 0 spiro atoms. The van der Waals surface area contributed by atoms with E-state index >= 15 is 0 Å². The van der Waals surface area contributed by atoms with Gasteiger partial charge >= 0.3 is 5.97 Å². The highest BCUT2D eigenvalue weighted by molar-refractivity contribution is 9.10. The molecule has 7 heteroatoms. The van der Waals surface area contributed by atoms with Crippen molar-refractivity contribution < 1.29 is 19.1 Å². The minimum atomic E-state index is -0.424. The number of carbonyl (C=O) groups excluding carboxylic acids is 2. The normalized spacial score (nSPS) is 10.6. The summed E-state index contributed by atoms with van der Waals surface area (Å²) in [7, 11) is 1.50. The van der Waals surface area contributed by atoms with Gasteiger partial charge in [-0.1, -0.05) is 33.6 Å². The van der Waals surface area contributed by atoms with Gasteiger partial charge in [0.15, 0.2) is 0 Å². The Bertz CT molecular complexity index is 1080. The first-order valence-corrected chi connectivity index (χ1v) is 9.81. The molecular formula is C23H19BrN2O4. The summed E-state index contributed by atoms with van der Waals surface area (Å²) in [4.78, 5) is 24.5. The van der Waals surface area contributed by atoms with Gasteiger partial charge in [0.1, 0.15) is 11.5 Å². The Kier molecular flexibility index (Phi) is 6.98. The van der Waals surface area contributed by atoms with Gasteiger partial charge in [-0.15, -0.1) is 0 Å². The first-order valence-electron chi connectivity index (χ1n) is 9.02. The number of benzene rings is 3. The Morgan fingerprint density at radius 1 is 1.00 bits per heavy atom. The van der Waals surface area contributed by atoms with Crippen LogP contribution in [0, 0.1) is 6.92 Å². The van der Waals surface area contributed by atoms with Crippen LogP contribution < -0.4 is 14.9 Å². The largest absolute Gasteiger partial charge is 0.496 e. The summed E-state index contributed by atoms with van der Waals surface area (Å²) in [5, 5.41) is 3.97. The molecule has 6 nitrogen and oxygen atoms in total. The van der Waals surface area contributed by atoms with Crippen LogP contribution in [-0.4, -0.2) is 25.2 Å². The van der Waals surface area contributed by atoms with Gasteiger partial charge in [0.2, 0.25) is 0 Å². The highest BCUT2D eigenvalue weighted by Gasteiger charge is 2.12. The van der Waals surface area contributed by atoms with E-state index in [9.17, 15) is 9.59 Å². The summed E-state index contributed by atoms with van der Waals surface area (Å²) in [6.07, 6.45) is 1.49. The fourth-order valence-electron chi connectivity index (χ4n) is 2.56. The topological polar surface area (TPSA) is 77.0 Å². The maximum atomic E-state index is 12.3. The predicted octanol–water partition coefficient (Wildman–Crippen LogP) is 4.75. The number of nitrogens with zero attached hydrogens (tertiary/aromatic N) is 1. The number of ether oxygens (including phenoxy) is 2. The van der Waals surface area contributed by atoms with Crippen molar-refractivity contribution in [3.05, 3.63) is 93.5 Å². The van der Waals surface area contributed by atoms with Gasteiger partial charge in [0.25, 0.3) is 5.91 Å². The molecule has 3 rings (SSSR count). The molecule has 0 aliphatic heterocycles. The van der Waals surface area contributed by atoms with Crippen molar-refractivity contribution in [2.45, 2.75) is 6.92 Å². The van der Waals surface area contributed by atoms with Gasteiger partial charge < -0.3 is 9.47 Å². The lowest BCUT2D eigenvalue weighted by Gasteiger charge is -2.07. The molecule has 0 aliphatic rings. The maximum absolute atomic E-state index is 12.3. The molecule has 0 aliphatic carbocycles. The molecule has 0 bridgehead atoms. The maximum Gasteiger partial charge on any atom is 0.343 e. The van der Waals surface area contributed by atoms with Crippen molar-refractivity contribution in [1.29, 1.82) is 0 Å². The van der Waals surface area contributed by atoms with E-state index < -0.39 is 11.9 Å². The first kappa shape index (κ1) is 21.3. The van der Waals surface area contributed by atoms with E-state index in [1.54, 1.807) is 54.6 Å². The third-order valence-corrected chi connectivity index (χ3v) is 4.66. The number of aryl methyl sites for hydroxylation is 1. The van der Waals surface area contributed by atoms with Crippen molar-refractivity contribution in [3.8, 4) is 11.5 Å². The molecule has 0 fully saturated rings. The SMILES string of the molecule is COc1ccc(Br)cc1C(=O)N/N=C\c1ccc(OC(=O)c2ccc(C)cc2)cc1. The van der Waals surface area contributed by atoms with E-state index in [0.29, 0.717) is 22.6 Å². The van der Waals surface area contributed by atoms with E-state index in [2.05, 4.69) is 26.5 Å². The molecular weight excluding hydrogens is 448 g/mol. The number of nitrogens with one attached hydrogen (secondary N) is 1. The zero-order chi connectivity index (χ0) is 21.5. The Balaban J connectivity index is 1.59. The van der Waals surface area contributed by atoms with E-state index in [4.69, 9.17) is 9.47 Å². The molecule has 0 heterocycles. The Labute approximate surface area is 182 Å². The number of amides is 1. The van der Waals surface area contributed by atoms with E-state index in [1.807, 2.05) is 19.1 Å². The number of esters is 1. The summed E-state index contributed by atoms with van der Waals surface area (Å²) in [6, 6.07) is 19.1. The lowest BCUT2D eigenvalue weighted by Crippen LogP contribution is -2.18. The lowest BCUT2D eigenvalue weighted by atomic mass is 10.1. The second-order valence-corrected chi connectivity index (χ2v) is 7.28. The number of rotatable bonds is 6. The number of carbonyl (C=O) groups is 2. The third-order valence-electron chi connectivity index (χ3n) is 4.16. The summed E-state index contributed by atoms with van der Waals surface area (Å²) < 4.78 is 11.3. The summed E-state index contributed by atoms with van der Waals surface area (Å²) in [5.74, 6) is 0.0472. The molecule has 3 aromatic rings. The smallest absolute Gasteiger partial charge is 0.343 e. The average Bonchev–Trinajstić information content (AvgIpc) is 2.75. The van der Waals surface area contributed by atoms with Crippen molar-refractivity contribution in [3.63, 3.8) is 0 Å². The van der Waals surface area contributed by atoms with Crippen LogP contribution in [0.3, 0.4) is 0 Å². The number of hydrogen-bond acceptors (Lipinski definition) is 5. The fraction of sp³-hybridized carbons (Fsp3) is 0.0870. The molecule has 1 amide bonds. The highest BCUT2D eigenvalue weighted by atomic mass is 79.9. The average molecular weight is 467 g/mol. The van der Waals surface area contributed by atoms with Crippen molar-refractivity contribution in [2.75, 3.05) is 7.11 Å². The molecule has 0 aromatic heterocycles. The van der Waals surface area contributed by atoms with E-state index in [0.717, 1.165) is 15.6 Å². The Morgan fingerprint density at radius 3 is 2.37 bits per heavy atom. The summed E-state index contributed by atoms with van der Waals surface area (Å²) >= 11 is 3.33. The van der Waals surface area contributed by atoms with Crippen LogP contribution in [0.4, 0.5) is 0 Å². The second-order valence-electron chi connectivity index (χ2n) is 6.37. The minimum absolute atomic E-state index is 0.363. The molecule has 152 valence electrons. The van der Waals surface area contributed by atoms with Crippen LogP contribution in [0.2, 0.25) is 0 Å². The standard InChI is InChI=1S/C23H19BrN2O4/c1-15-3-7-17(8-4-15)23(28)30-19-10-5-16(6-11-19)14-25-26-22(27)20-13-18(24)9-12-21(20)29-2/h3-14H,1-2H3,(H,26,27)/b25-14-. The Morgan fingerprint density at radius 2 is 1.70 bits per heavy atom. The van der Waals surface area contributed by atoms with Crippen molar-refractivity contribution >= 4 is 34.0 Å². The second kappa shape index (κ2) is 9.84. The molecule has 3 aromatic carbocycles. The first-order chi connectivity index (χ1) is 14.5. The van der Waals surface area contributed by atoms with Gasteiger partial charge in [-0.05, 0) is 67.1 Å². The van der Waals surface area contributed by atoms with Crippen LogP contribution in [0.25, 0.3) is 0 Å². The molecule has 0 atom stereocenters. The van der Waals surface area contributed by atoms with Gasteiger partial charge in [0.05, 0.1) is 24.5 Å². The summed E-state index contributed by atoms with van der Waals surface area (Å²) in [5.41, 5.74) is 5.11. The quantitative estimate of drug-likeness (QED) is 0.246. The third kappa shape index (κ3) is 5.55. The number of methoxy groups -OCH3 is 1. The molecule has 0 saturated heterocycles. The van der Waals surface area contributed by atoms with Gasteiger partial charge in [-0.2, -0.15) is 5.10 Å². The molecule has 0 radical (unpaired) electrons. The molecule has 0 unspecified atom stereocenters. The monoisotopic (exact) mass is 466 g/mol. The van der Waals surface area contributed by atoms with Crippen molar-refractivity contribution in [2.24, 2.45) is 5.10 Å². The molecule has 30 heavy (non-hydrogen) atoms. The van der Waals surface area contributed by atoms with Crippen LogP contribution in [0.5, 0.6) is 11.5 Å². The summed E-state index contributed by atoms with van der Waals surface area (Å²) in [6.45, 7) is 1.95. The van der Waals surface area contributed by atoms with Crippen LogP contribution in [0.1, 0.15) is 31.8 Å². The molecule has 1 N–H and O–H groups in total. The zero-order valence-electron chi connectivity index (χ0n) is 16.4. The van der Waals surface area contributed by atoms with Gasteiger partial charge in [-0.25, -0.2) is 10.2 Å². The highest BCUT2D eigenvalue weighted by Crippen LogP contribution is 2.22. The van der Waals surface area contributed by atoms with Crippen LogP contribution in [-0.2, 0) is 0 Å². The van der Waals surface area contributed by atoms with Gasteiger partial charge in [0, 0.05) is 4.47 Å². The van der Waals surface area contributed by atoms with E-state index in [-0.39, 0.29) is 0 Å². The number of hydrazone groups is 1.